The molecule has 10 heteroatoms. The molecule has 1 amide bonds. The molecule has 0 spiro atoms. The fourth-order valence-electron chi connectivity index (χ4n) is 3.64. The van der Waals surface area contributed by atoms with Crippen LogP contribution in [0.15, 0.2) is 34.0 Å². The number of hydrogen-bond acceptors (Lipinski definition) is 6. The molecule has 2 aromatic heterocycles. The highest BCUT2D eigenvalue weighted by Crippen LogP contribution is 2.47. The molecule has 0 radical (unpaired) electrons. The molecule has 0 bridgehead atoms. The monoisotopic (exact) mass is 430 g/mol. The van der Waals surface area contributed by atoms with Crippen LogP contribution in [0.2, 0.25) is 5.02 Å². The van der Waals surface area contributed by atoms with E-state index in [0.29, 0.717) is 40.8 Å². The Kier molecular flexibility index (Phi) is 5.38. The van der Waals surface area contributed by atoms with Crippen LogP contribution >= 0.6 is 11.6 Å². The molecule has 1 aromatic carbocycles. The molecule has 4 rings (SSSR count). The predicted molar refractivity (Wildman–Crippen MR) is 109 cm³/mol. The van der Waals surface area contributed by atoms with Crippen molar-refractivity contribution in [2.24, 2.45) is 12.0 Å². The second-order valence-corrected chi connectivity index (χ2v) is 7.86. The summed E-state index contributed by atoms with van der Waals surface area (Å²) in [6, 6.07) is 4.60. The van der Waals surface area contributed by atoms with Gasteiger partial charge in [0.2, 0.25) is 5.89 Å². The molecule has 30 heavy (non-hydrogen) atoms. The van der Waals surface area contributed by atoms with Crippen LogP contribution in [0.3, 0.4) is 0 Å². The van der Waals surface area contributed by atoms with Crippen molar-refractivity contribution < 1.29 is 13.7 Å². The first kappa shape index (κ1) is 20.2. The highest BCUT2D eigenvalue weighted by molar-refractivity contribution is 6.30. The predicted octanol–water partition coefficient (Wildman–Crippen LogP) is 3.86. The van der Waals surface area contributed by atoms with Crippen LogP contribution in [-0.4, -0.2) is 44.3 Å². The number of hydrogen-bond donors (Lipinski definition) is 0. The van der Waals surface area contributed by atoms with E-state index in [-0.39, 0.29) is 35.9 Å². The number of rotatable bonds is 6. The molecule has 0 aliphatic heterocycles. The number of benzene rings is 1. The molecule has 0 saturated heterocycles. The van der Waals surface area contributed by atoms with Gasteiger partial charge in [-0.05, 0) is 49.2 Å². The van der Waals surface area contributed by atoms with Crippen molar-refractivity contribution in [1.29, 1.82) is 0 Å². The zero-order valence-corrected chi connectivity index (χ0v) is 17.3. The van der Waals surface area contributed by atoms with E-state index in [9.17, 15) is 9.18 Å². The molecule has 0 N–H and O–H groups in total. The third-order valence-corrected chi connectivity index (χ3v) is 5.61. The van der Waals surface area contributed by atoms with Gasteiger partial charge in [0.15, 0.2) is 17.3 Å². The average molecular weight is 431 g/mol. The van der Waals surface area contributed by atoms with E-state index in [2.05, 4.69) is 26.8 Å². The largest absolute Gasteiger partial charge is 0.337 e. The van der Waals surface area contributed by atoms with Crippen molar-refractivity contribution in [3.8, 4) is 0 Å². The van der Waals surface area contributed by atoms with Gasteiger partial charge in [-0.2, -0.15) is 4.98 Å². The lowest BCUT2D eigenvalue weighted by Crippen LogP contribution is -2.28. The van der Waals surface area contributed by atoms with Crippen molar-refractivity contribution in [3.63, 3.8) is 0 Å². The van der Waals surface area contributed by atoms with Crippen LogP contribution in [0, 0.1) is 5.82 Å². The van der Waals surface area contributed by atoms with Crippen molar-refractivity contribution in [2.75, 3.05) is 7.05 Å². The number of halogens is 2. The summed E-state index contributed by atoms with van der Waals surface area (Å²) in [5.41, 5.74) is 0.952. The summed E-state index contributed by atoms with van der Waals surface area (Å²) < 4.78 is 20.9. The van der Waals surface area contributed by atoms with Crippen molar-refractivity contribution in [2.45, 2.75) is 31.2 Å². The molecule has 1 aliphatic rings. The number of amides is 1. The summed E-state index contributed by atoms with van der Waals surface area (Å²) in [7, 11) is 3.34. The Balaban J connectivity index is 1.39. The summed E-state index contributed by atoms with van der Waals surface area (Å²) in [6.45, 7) is 3.58. The van der Waals surface area contributed by atoms with E-state index in [1.54, 1.807) is 30.8 Å². The number of imidazole rings is 1. The quantitative estimate of drug-likeness (QED) is 0.554. The molecule has 1 saturated carbocycles. The Morgan fingerprint density at radius 1 is 1.43 bits per heavy atom. The van der Waals surface area contributed by atoms with Crippen molar-refractivity contribution in [3.05, 3.63) is 58.3 Å². The normalized spacial score (nSPS) is 18.1. The molecule has 3 aromatic rings. The van der Waals surface area contributed by atoms with Crippen LogP contribution in [0.5, 0.6) is 0 Å². The number of carbonyl (C=O) groups excluding carboxylic acids is 1. The van der Waals surface area contributed by atoms with E-state index in [1.807, 2.05) is 0 Å². The van der Waals surface area contributed by atoms with Crippen LogP contribution in [0.4, 0.5) is 10.2 Å². The minimum atomic E-state index is -0.280. The molecular weight excluding hydrogens is 411 g/mol. The summed E-state index contributed by atoms with van der Waals surface area (Å²) in [5, 5.41) is 4.56. The van der Waals surface area contributed by atoms with Gasteiger partial charge < -0.3 is 14.0 Å². The van der Waals surface area contributed by atoms with Crippen LogP contribution in [0.25, 0.3) is 0 Å². The minimum Gasteiger partial charge on any atom is -0.337 e. The topological polar surface area (TPSA) is 89.4 Å². The maximum atomic E-state index is 14.0. The summed E-state index contributed by atoms with van der Waals surface area (Å²) in [4.78, 5) is 26.4. The Morgan fingerprint density at radius 2 is 2.20 bits per heavy atom. The zero-order chi connectivity index (χ0) is 21.4. The second kappa shape index (κ2) is 7.98. The van der Waals surface area contributed by atoms with Gasteiger partial charge in [0.05, 0.1) is 6.33 Å². The van der Waals surface area contributed by atoms with Gasteiger partial charge in [0.25, 0.3) is 5.91 Å². The summed E-state index contributed by atoms with van der Waals surface area (Å²) in [5.74, 6) is 0.800. The Hall–Kier alpha value is -3.07. The molecule has 2 heterocycles. The van der Waals surface area contributed by atoms with E-state index < -0.39 is 0 Å². The molecule has 0 unspecified atom stereocenters. The molecule has 8 nitrogen and oxygen atoms in total. The number of carbonyl (C=O) groups is 1. The molecule has 1 aliphatic carbocycles. The van der Waals surface area contributed by atoms with Gasteiger partial charge >= 0.3 is 0 Å². The number of aromatic nitrogens is 4. The SMILES string of the molecule is C=Nc1ncn(C)c1C(=O)N(C)Cc1nc(C2CC(c3cc(Cl)ccc3F)C2)no1. The molecule has 0 atom stereocenters. The highest BCUT2D eigenvalue weighted by atomic mass is 35.5. The standard InChI is InChI=1S/C20H20ClFN6O2/c1-23-19-17(28(3)10-24-19)20(29)27(2)9-16-25-18(26-30-16)12-6-11(7-12)14-8-13(21)4-5-15(14)22/h4-5,8,10-12H,1,6-7,9H2,2-3H3. The van der Waals surface area contributed by atoms with Gasteiger partial charge in [0.1, 0.15) is 12.4 Å². The first-order chi connectivity index (χ1) is 14.4. The van der Waals surface area contributed by atoms with Gasteiger partial charge in [0, 0.05) is 25.0 Å². The maximum absolute atomic E-state index is 14.0. The lowest BCUT2D eigenvalue weighted by atomic mass is 9.71. The number of aryl methyl sites for hydroxylation is 1. The van der Waals surface area contributed by atoms with Gasteiger partial charge in [-0.25, -0.2) is 14.4 Å². The first-order valence-electron chi connectivity index (χ1n) is 9.38. The van der Waals surface area contributed by atoms with Crippen molar-refractivity contribution in [1.82, 2.24) is 24.6 Å². The summed E-state index contributed by atoms with van der Waals surface area (Å²) in [6.07, 6.45) is 2.94. The number of aliphatic imine (C=N–C) groups is 1. The van der Waals surface area contributed by atoms with Crippen LogP contribution in [0.1, 0.15) is 52.4 Å². The molecule has 156 valence electrons. The van der Waals surface area contributed by atoms with Gasteiger partial charge in [-0.3, -0.25) is 4.79 Å². The number of nitrogens with zero attached hydrogens (tertiary/aromatic N) is 6. The molecular formula is C20H20ClFN6O2. The van der Waals surface area contributed by atoms with E-state index in [1.165, 1.54) is 17.3 Å². The van der Waals surface area contributed by atoms with Gasteiger partial charge in [-0.1, -0.05) is 16.8 Å². The minimum absolute atomic E-state index is 0.0783. The first-order valence-corrected chi connectivity index (χ1v) is 9.76. The van der Waals surface area contributed by atoms with E-state index in [4.69, 9.17) is 16.1 Å². The smallest absolute Gasteiger partial charge is 0.274 e. The Labute approximate surface area is 177 Å². The highest BCUT2D eigenvalue weighted by Gasteiger charge is 2.36. The van der Waals surface area contributed by atoms with Crippen molar-refractivity contribution >= 4 is 30.0 Å². The van der Waals surface area contributed by atoms with Gasteiger partial charge in [-0.15, -0.1) is 0 Å². The third-order valence-electron chi connectivity index (χ3n) is 5.37. The van der Waals surface area contributed by atoms with Crippen LogP contribution in [-0.2, 0) is 13.6 Å². The molecule has 1 fully saturated rings. The van der Waals surface area contributed by atoms with E-state index in [0.717, 1.165) is 0 Å². The zero-order valence-electron chi connectivity index (χ0n) is 16.5. The fourth-order valence-corrected chi connectivity index (χ4v) is 3.82. The third kappa shape index (κ3) is 3.72. The Bertz CT molecular complexity index is 1100. The average Bonchev–Trinajstić information content (AvgIpc) is 3.29. The Morgan fingerprint density at radius 3 is 2.93 bits per heavy atom. The van der Waals surface area contributed by atoms with E-state index >= 15 is 0 Å². The lowest BCUT2D eigenvalue weighted by molar-refractivity contribution is 0.0761. The fraction of sp³-hybridized carbons (Fsp3) is 0.350. The second-order valence-electron chi connectivity index (χ2n) is 7.42. The summed E-state index contributed by atoms with van der Waals surface area (Å²) >= 11 is 5.99. The lowest BCUT2D eigenvalue weighted by Gasteiger charge is -2.33. The maximum Gasteiger partial charge on any atom is 0.274 e. The van der Waals surface area contributed by atoms with Crippen LogP contribution < -0.4 is 0 Å².